The summed E-state index contributed by atoms with van der Waals surface area (Å²) in [5.74, 6) is 0. The van der Waals surface area contributed by atoms with Gasteiger partial charge in [0.25, 0.3) is 0 Å². The Labute approximate surface area is 94.2 Å². The highest BCUT2D eigenvalue weighted by atomic mass is 16.5. The van der Waals surface area contributed by atoms with Crippen LogP contribution in [0.4, 0.5) is 0 Å². The van der Waals surface area contributed by atoms with Crippen LogP contribution in [0, 0.1) is 0 Å². The molecular formula is C12H26N2O+. The molecule has 3 heteroatoms. The molecule has 0 saturated carbocycles. The van der Waals surface area contributed by atoms with Crippen LogP contribution in [0.5, 0.6) is 0 Å². The van der Waals surface area contributed by atoms with Crippen molar-refractivity contribution >= 4 is 0 Å². The first-order chi connectivity index (χ1) is 6.47. The van der Waals surface area contributed by atoms with E-state index in [2.05, 4.69) is 48.8 Å². The Morgan fingerprint density at radius 3 is 1.60 bits per heavy atom. The zero-order valence-electron chi connectivity index (χ0n) is 11.3. The number of hydrogen-bond acceptors (Lipinski definition) is 1. The average molecular weight is 214 g/mol. The van der Waals surface area contributed by atoms with Crippen molar-refractivity contribution < 1.29 is 9.69 Å². The number of rotatable bonds is 1. The number of nitrogens with zero attached hydrogens (tertiary/aromatic N) is 2. The molecule has 0 unspecified atom stereocenters. The van der Waals surface area contributed by atoms with Gasteiger partial charge in [-0.25, -0.2) is 0 Å². The molecule has 0 aliphatic carbocycles. The maximum atomic E-state index is 12.2. The van der Waals surface area contributed by atoms with Gasteiger partial charge in [0.15, 0.2) is 0 Å². The topological polar surface area (TPSA) is 23.1 Å². The Hall–Kier alpha value is -0.120. The lowest BCUT2D eigenvalue weighted by molar-refractivity contribution is -0.899. The van der Waals surface area contributed by atoms with Gasteiger partial charge in [-0.3, -0.25) is 0 Å². The first-order valence-electron chi connectivity index (χ1n) is 5.75. The predicted molar refractivity (Wildman–Crippen MR) is 61.7 cm³/mol. The smallest absolute Gasteiger partial charge is 0.0921 e. The van der Waals surface area contributed by atoms with E-state index in [1.165, 1.54) is 5.06 Å². The first kappa shape index (κ1) is 12.9. The fraction of sp³-hybridized carbons (Fsp3) is 1.00. The normalized spacial score (nSPS) is 28.0. The molecule has 1 heterocycles. The number of quaternary nitrogens is 1. The minimum atomic E-state index is -0.238. The number of piperidine rings is 1. The average Bonchev–Trinajstić information content (AvgIpc) is 1.97. The van der Waals surface area contributed by atoms with E-state index in [9.17, 15) is 5.21 Å². The van der Waals surface area contributed by atoms with Gasteiger partial charge in [0.2, 0.25) is 0 Å². The van der Waals surface area contributed by atoms with Crippen LogP contribution in [0.1, 0.15) is 40.5 Å². The fourth-order valence-corrected chi connectivity index (χ4v) is 2.76. The van der Waals surface area contributed by atoms with E-state index in [4.69, 9.17) is 0 Å². The van der Waals surface area contributed by atoms with Gasteiger partial charge in [-0.1, -0.05) is 0 Å². The van der Waals surface area contributed by atoms with Gasteiger partial charge in [-0.2, -0.15) is 0 Å². The van der Waals surface area contributed by atoms with Crippen LogP contribution in [0.15, 0.2) is 0 Å². The molecule has 15 heavy (non-hydrogen) atoms. The van der Waals surface area contributed by atoms with Crippen LogP contribution >= 0.6 is 0 Å². The van der Waals surface area contributed by atoms with Crippen molar-refractivity contribution in [3.8, 4) is 0 Å². The molecule has 0 bridgehead atoms. The molecule has 0 spiro atoms. The van der Waals surface area contributed by atoms with Gasteiger partial charge < -0.3 is 4.48 Å². The van der Waals surface area contributed by atoms with Crippen molar-refractivity contribution in [3.05, 3.63) is 0 Å². The zero-order valence-corrected chi connectivity index (χ0v) is 11.3. The minimum absolute atomic E-state index is 0.238. The largest absolute Gasteiger partial charge is 0.328 e. The minimum Gasteiger partial charge on any atom is -0.328 e. The summed E-state index contributed by atoms with van der Waals surface area (Å²) in [6, 6.07) is 0.570. The van der Waals surface area contributed by atoms with Gasteiger partial charge in [0.1, 0.15) is 0 Å². The van der Waals surface area contributed by atoms with E-state index in [0.717, 1.165) is 17.3 Å². The molecule has 0 amide bonds. The third-order valence-electron chi connectivity index (χ3n) is 3.67. The van der Waals surface area contributed by atoms with E-state index < -0.39 is 0 Å². The molecule has 1 aliphatic heterocycles. The summed E-state index contributed by atoms with van der Waals surface area (Å²) in [5, 5.41) is 13.4. The molecule has 89 valence electrons. The van der Waals surface area contributed by atoms with Gasteiger partial charge in [-0.15, -0.1) is 10.3 Å². The Balaban J connectivity index is 2.94. The number of hydrogen-bond donors (Lipinski definition) is 0. The predicted octanol–water partition coefficient (Wildman–Crippen LogP) is 2.06. The highest BCUT2D eigenvalue weighted by Crippen LogP contribution is 2.39. The van der Waals surface area contributed by atoms with E-state index in [0.29, 0.717) is 6.04 Å². The first-order valence-corrected chi connectivity index (χ1v) is 5.75. The number of hydroxylamine groups is 2. The quantitative estimate of drug-likeness (QED) is 0.613. The van der Waals surface area contributed by atoms with Crippen LogP contribution in [0.3, 0.4) is 0 Å². The summed E-state index contributed by atoms with van der Waals surface area (Å²) in [4.78, 5) is 0. The third kappa shape index (κ3) is 2.52. The highest BCUT2D eigenvalue weighted by molar-refractivity contribution is 4.96. The van der Waals surface area contributed by atoms with Crippen molar-refractivity contribution in [2.75, 3.05) is 21.1 Å². The summed E-state index contributed by atoms with van der Waals surface area (Å²) in [5.41, 5.74) is -0.476. The van der Waals surface area contributed by atoms with Crippen molar-refractivity contribution in [2.24, 2.45) is 0 Å². The van der Waals surface area contributed by atoms with E-state index >= 15 is 0 Å². The molecule has 0 aromatic carbocycles. The Kier molecular flexibility index (Phi) is 2.97. The van der Waals surface area contributed by atoms with Crippen LogP contribution in [-0.2, 0) is 5.21 Å². The lowest BCUT2D eigenvalue weighted by Gasteiger charge is -2.52. The maximum Gasteiger partial charge on any atom is 0.0921 e. The Morgan fingerprint density at radius 1 is 1.00 bits per heavy atom. The molecule has 0 N–H and O–H groups in total. The summed E-state index contributed by atoms with van der Waals surface area (Å²) < 4.78 is 0.945. The Morgan fingerprint density at radius 2 is 1.33 bits per heavy atom. The molecule has 1 saturated heterocycles. The lowest BCUT2D eigenvalue weighted by Crippen LogP contribution is -2.64. The van der Waals surface area contributed by atoms with Crippen molar-refractivity contribution in [3.63, 3.8) is 0 Å². The van der Waals surface area contributed by atoms with E-state index in [1.54, 1.807) is 0 Å². The van der Waals surface area contributed by atoms with Crippen molar-refractivity contribution in [1.82, 2.24) is 5.06 Å². The molecule has 1 aliphatic rings. The molecular weight excluding hydrogens is 188 g/mol. The van der Waals surface area contributed by atoms with Gasteiger partial charge in [0.05, 0.1) is 27.2 Å². The summed E-state index contributed by atoms with van der Waals surface area (Å²) in [6.45, 7) is 8.24. The van der Waals surface area contributed by atoms with Crippen molar-refractivity contribution in [1.29, 1.82) is 0 Å². The van der Waals surface area contributed by atoms with E-state index in [1.807, 2.05) is 0 Å². The van der Waals surface area contributed by atoms with Gasteiger partial charge in [-0.05, 0) is 27.7 Å². The molecule has 1 radical (unpaired) electrons. The summed E-state index contributed by atoms with van der Waals surface area (Å²) >= 11 is 0. The van der Waals surface area contributed by atoms with Crippen molar-refractivity contribution in [2.45, 2.75) is 57.7 Å². The lowest BCUT2D eigenvalue weighted by atomic mass is 9.78. The van der Waals surface area contributed by atoms with Crippen LogP contribution < -0.4 is 0 Å². The molecule has 0 atom stereocenters. The highest BCUT2D eigenvalue weighted by Gasteiger charge is 2.49. The molecule has 1 rings (SSSR count). The summed E-state index contributed by atoms with van der Waals surface area (Å²) in [7, 11) is 6.66. The van der Waals surface area contributed by atoms with Gasteiger partial charge in [0, 0.05) is 23.9 Å². The monoisotopic (exact) mass is 214 g/mol. The van der Waals surface area contributed by atoms with Crippen LogP contribution in [-0.4, -0.2) is 47.8 Å². The molecule has 0 aromatic heterocycles. The maximum absolute atomic E-state index is 12.2. The third-order valence-corrected chi connectivity index (χ3v) is 3.67. The zero-order chi connectivity index (χ0) is 12.1. The molecule has 1 fully saturated rings. The second-order valence-corrected chi connectivity index (χ2v) is 7.10. The Bertz CT molecular complexity index is 222. The van der Waals surface area contributed by atoms with Crippen LogP contribution in [0.25, 0.3) is 0 Å². The molecule has 0 aromatic rings. The molecule has 3 nitrogen and oxygen atoms in total. The SMILES string of the molecule is CC1(C)CC([N+](C)(C)C)CC(C)(C)N1[O]. The second-order valence-electron chi connectivity index (χ2n) is 7.10. The standard InChI is InChI=1S/C12H26N2O/c1-11(2)8-10(14(5,6)7)9-12(3,4)13(11)15/h10H,8-9H2,1-7H3/q+1. The van der Waals surface area contributed by atoms with Crippen LogP contribution in [0.2, 0.25) is 0 Å². The second kappa shape index (κ2) is 3.44. The summed E-state index contributed by atoms with van der Waals surface area (Å²) in [6.07, 6.45) is 1.95. The fourth-order valence-electron chi connectivity index (χ4n) is 2.76. The van der Waals surface area contributed by atoms with E-state index in [-0.39, 0.29) is 11.1 Å². The van der Waals surface area contributed by atoms with Gasteiger partial charge >= 0.3 is 0 Å².